The highest BCUT2D eigenvalue weighted by Crippen LogP contribution is 2.46. The number of rotatable bonds is 5. The van der Waals surface area contributed by atoms with Gasteiger partial charge in [-0.25, -0.2) is 4.39 Å². The molecule has 2 N–H and O–H groups in total. The Balaban J connectivity index is 3.06. The number of hydrogen-bond acceptors (Lipinski definition) is 2. The van der Waals surface area contributed by atoms with Crippen molar-refractivity contribution in [3.63, 3.8) is 0 Å². The number of carbonyl (C=O) groups excluding carboxylic acids is 1. The van der Waals surface area contributed by atoms with Crippen LogP contribution in [0.3, 0.4) is 0 Å². The molecule has 1 amide bonds. The lowest BCUT2D eigenvalue weighted by atomic mass is 9.28. The van der Waals surface area contributed by atoms with Crippen molar-refractivity contribution in [2.24, 2.45) is 23.2 Å². The second-order valence-electron chi connectivity index (χ2n) is 10.2. The lowest BCUT2D eigenvalue weighted by molar-refractivity contribution is -0.150. The Labute approximate surface area is 158 Å². The Morgan fingerprint density at radius 2 is 1.69 bits per heavy atom. The highest BCUT2D eigenvalue weighted by molar-refractivity contribution is 6.61. The van der Waals surface area contributed by atoms with Gasteiger partial charge in [-0.2, -0.15) is 0 Å². The van der Waals surface area contributed by atoms with Crippen LogP contribution in [0.2, 0.25) is 18.5 Å². The summed E-state index contributed by atoms with van der Waals surface area (Å²) < 4.78 is 14.4. The average molecular weight is 369 g/mol. The van der Waals surface area contributed by atoms with Crippen molar-refractivity contribution in [1.29, 1.82) is 0 Å². The monoisotopic (exact) mass is 369 g/mol. The minimum atomic E-state index is -0.966. The first kappa shape index (κ1) is 23.0. The Kier molecular flexibility index (Phi) is 6.98. The Hall–Kier alpha value is -1.07. The van der Waals surface area contributed by atoms with Gasteiger partial charge in [-0.15, -0.1) is 0 Å². The van der Waals surface area contributed by atoms with Crippen LogP contribution in [0, 0.1) is 23.2 Å². The SMILES string of the molecule is CB1C(C)C(F)C(C)CC1C(C)(C)NC(=O)C(C(C)C(=O)O)C(C)(C)C. The van der Waals surface area contributed by atoms with Crippen LogP contribution in [-0.4, -0.2) is 35.4 Å². The predicted molar refractivity (Wildman–Crippen MR) is 105 cm³/mol. The summed E-state index contributed by atoms with van der Waals surface area (Å²) in [5.41, 5.74) is -0.998. The van der Waals surface area contributed by atoms with Crippen molar-refractivity contribution in [2.75, 3.05) is 0 Å². The molecule has 0 bridgehead atoms. The summed E-state index contributed by atoms with van der Waals surface area (Å²) >= 11 is 0. The van der Waals surface area contributed by atoms with Gasteiger partial charge in [0.25, 0.3) is 0 Å². The first-order valence-electron chi connectivity index (χ1n) is 9.80. The maximum absolute atomic E-state index is 14.4. The second-order valence-corrected chi connectivity index (χ2v) is 10.2. The fourth-order valence-corrected chi connectivity index (χ4v) is 4.87. The molecule has 0 aromatic heterocycles. The van der Waals surface area contributed by atoms with Gasteiger partial charge in [0.1, 0.15) is 6.71 Å². The Bertz CT molecular complexity index is 532. The molecule has 6 heteroatoms. The zero-order chi connectivity index (χ0) is 20.6. The van der Waals surface area contributed by atoms with E-state index in [1.807, 2.05) is 48.5 Å². The average Bonchev–Trinajstić information content (AvgIpc) is 2.46. The molecular formula is C20H37BFNO3. The molecule has 0 aromatic rings. The third-order valence-electron chi connectivity index (χ3n) is 6.61. The van der Waals surface area contributed by atoms with Crippen molar-refractivity contribution >= 4 is 18.6 Å². The summed E-state index contributed by atoms with van der Waals surface area (Å²) in [7, 11) is 0. The number of carbonyl (C=O) groups is 2. The fraction of sp³-hybridized carbons (Fsp3) is 0.900. The molecule has 26 heavy (non-hydrogen) atoms. The molecule has 1 rings (SSSR count). The maximum Gasteiger partial charge on any atom is 0.307 e. The topological polar surface area (TPSA) is 66.4 Å². The van der Waals surface area contributed by atoms with Crippen LogP contribution in [0.15, 0.2) is 0 Å². The first-order chi connectivity index (χ1) is 11.6. The van der Waals surface area contributed by atoms with Gasteiger partial charge < -0.3 is 10.4 Å². The zero-order valence-corrected chi connectivity index (χ0v) is 17.9. The number of amides is 1. The molecule has 0 saturated carbocycles. The summed E-state index contributed by atoms with van der Waals surface area (Å²) in [6.07, 6.45) is -0.101. The van der Waals surface area contributed by atoms with Crippen molar-refractivity contribution in [1.82, 2.24) is 5.32 Å². The van der Waals surface area contributed by atoms with Gasteiger partial charge in [0.2, 0.25) is 5.91 Å². The van der Waals surface area contributed by atoms with E-state index in [-0.39, 0.29) is 30.2 Å². The van der Waals surface area contributed by atoms with E-state index in [4.69, 9.17) is 0 Å². The smallest absolute Gasteiger partial charge is 0.307 e. The number of hydrogen-bond donors (Lipinski definition) is 2. The highest BCUT2D eigenvalue weighted by Gasteiger charge is 2.48. The largest absolute Gasteiger partial charge is 0.481 e. The number of alkyl halides is 1. The van der Waals surface area contributed by atoms with Gasteiger partial charge in [0.05, 0.1) is 18.0 Å². The van der Waals surface area contributed by atoms with Gasteiger partial charge in [-0.1, -0.05) is 48.4 Å². The van der Waals surface area contributed by atoms with Crippen LogP contribution in [0.5, 0.6) is 0 Å². The van der Waals surface area contributed by atoms with E-state index in [1.165, 1.54) is 0 Å². The molecule has 1 fully saturated rings. The first-order valence-corrected chi connectivity index (χ1v) is 9.80. The minimum absolute atomic E-state index is 0.0428. The number of halogens is 1. The van der Waals surface area contributed by atoms with E-state index in [1.54, 1.807) is 6.92 Å². The molecule has 6 unspecified atom stereocenters. The quantitative estimate of drug-likeness (QED) is 0.700. The van der Waals surface area contributed by atoms with Crippen molar-refractivity contribution in [2.45, 2.75) is 92.0 Å². The lowest BCUT2D eigenvalue weighted by Gasteiger charge is -2.47. The molecule has 0 aliphatic carbocycles. The zero-order valence-electron chi connectivity index (χ0n) is 17.9. The van der Waals surface area contributed by atoms with Gasteiger partial charge in [-0.05, 0) is 43.2 Å². The summed E-state index contributed by atoms with van der Waals surface area (Å²) in [4.78, 5) is 24.6. The Morgan fingerprint density at radius 1 is 1.19 bits per heavy atom. The number of aliphatic carboxylic acids is 1. The number of nitrogens with one attached hydrogen (secondary N) is 1. The van der Waals surface area contributed by atoms with Crippen LogP contribution < -0.4 is 5.32 Å². The molecule has 6 atom stereocenters. The van der Waals surface area contributed by atoms with Crippen LogP contribution in [0.25, 0.3) is 0 Å². The van der Waals surface area contributed by atoms with Gasteiger partial charge in [-0.3, -0.25) is 9.59 Å². The highest BCUT2D eigenvalue weighted by atomic mass is 19.1. The van der Waals surface area contributed by atoms with Crippen LogP contribution in [-0.2, 0) is 9.59 Å². The molecule has 4 nitrogen and oxygen atoms in total. The van der Waals surface area contributed by atoms with Crippen molar-refractivity contribution in [3.05, 3.63) is 0 Å². The normalized spacial score (nSPS) is 29.8. The Morgan fingerprint density at radius 3 is 2.12 bits per heavy atom. The minimum Gasteiger partial charge on any atom is -0.481 e. The lowest BCUT2D eigenvalue weighted by Crippen LogP contribution is -2.57. The molecule has 1 heterocycles. The molecule has 150 valence electrons. The van der Waals surface area contributed by atoms with E-state index >= 15 is 0 Å². The third kappa shape index (κ3) is 4.80. The van der Waals surface area contributed by atoms with Gasteiger partial charge >= 0.3 is 5.97 Å². The maximum atomic E-state index is 14.4. The molecule has 1 aliphatic heterocycles. The second kappa shape index (κ2) is 7.89. The van der Waals surface area contributed by atoms with E-state index in [0.29, 0.717) is 6.42 Å². The molecule has 1 aliphatic rings. The summed E-state index contributed by atoms with van der Waals surface area (Å²) in [5, 5.41) is 12.6. The number of carboxylic acid groups (broad SMARTS) is 1. The van der Waals surface area contributed by atoms with Gasteiger partial charge in [0, 0.05) is 5.54 Å². The number of carboxylic acids is 1. The molecule has 1 saturated heterocycles. The van der Waals surface area contributed by atoms with E-state index in [9.17, 15) is 19.1 Å². The summed E-state index contributed by atoms with van der Waals surface area (Å²) in [5.74, 6) is -2.57. The summed E-state index contributed by atoms with van der Waals surface area (Å²) in [6, 6.07) is 0. The standard InChI is InChI=1S/C20H37BFNO3/c1-11-10-14(21(9)13(3)16(11)22)20(7,8)23-17(24)15(19(4,5)6)12(2)18(25)26/h11-16H,10H2,1-9H3,(H,23,24)(H,25,26). The molecule has 0 spiro atoms. The fourth-order valence-electron chi connectivity index (χ4n) is 4.87. The van der Waals surface area contributed by atoms with Gasteiger partial charge in [0.15, 0.2) is 0 Å². The van der Waals surface area contributed by atoms with E-state index in [0.717, 1.165) is 0 Å². The van der Waals surface area contributed by atoms with Crippen LogP contribution >= 0.6 is 0 Å². The molecule has 0 aromatic carbocycles. The predicted octanol–water partition coefficient (Wildman–Crippen LogP) is 4.53. The summed E-state index contributed by atoms with van der Waals surface area (Å²) in [6.45, 7) is 17.3. The molecule has 0 radical (unpaired) electrons. The third-order valence-corrected chi connectivity index (χ3v) is 6.61. The van der Waals surface area contributed by atoms with Crippen molar-refractivity contribution < 1.29 is 19.1 Å². The van der Waals surface area contributed by atoms with Crippen molar-refractivity contribution in [3.8, 4) is 0 Å². The molecular weight excluding hydrogens is 332 g/mol. The van der Waals surface area contributed by atoms with E-state index < -0.39 is 34.9 Å². The van der Waals surface area contributed by atoms with E-state index in [2.05, 4.69) is 12.1 Å². The van der Waals surface area contributed by atoms with Crippen LogP contribution in [0.1, 0.15) is 61.8 Å². The van der Waals surface area contributed by atoms with Crippen LogP contribution in [0.4, 0.5) is 4.39 Å².